The molecule has 1 atom stereocenters. The van der Waals surface area contributed by atoms with Gasteiger partial charge in [-0.2, -0.15) is 13.2 Å². The highest BCUT2D eigenvalue weighted by Gasteiger charge is 2.34. The van der Waals surface area contributed by atoms with Crippen molar-refractivity contribution in [1.29, 1.82) is 0 Å². The molecule has 0 spiro atoms. The van der Waals surface area contributed by atoms with E-state index in [1.807, 2.05) is 0 Å². The van der Waals surface area contributed by atoms with E-state index in [9.17, 15) is 18.0 Å². The Bertz CT molecular complexity index is 686. The Morgan fingerprint density at radius 2 is 1.95 bits per heavy atom. The Balaban J connectivity index is 2.28. The minimum atomic E-state index is -4.44. The van der Waals surface area contributed by atoms with E-state index in [1.165, 1.54) is 36.5 Å². The van der Waals surface area contributed by atoms with E-state index in [0.29, 0.717) is 0 Å². The standard InChI is InChI=1S/C15H14F3N3O/c1-9(11-4-2-3-5-12(11)15(16,17)18)21-13-8-10(14(19)22)6-7-20-13/h2-9H,1H3,(H2,19,22)(H,20,21)/t9-/m1/s1. The topological polar surface area (TPSA) is 68.0 Å². The molecule has 22 heavy (non-hydrogen) atoms. The molecule has 2 aromatic rings. The monoisotopic (exact) mass is 309 g/mol. The van der Waals surface area contributed by atoms with Gasteiger partial charge in [0, 0.05) is 11.8 Å². The summed E-state index contributed by atoms with van der Waals surface area (Å²) >= 11 is 0. The second-order valence-electron chi connectivity index (χ2n) is 4.75. The van der Waals surface area contributed by atoms with Crippen molar-refractivity contribution < 1.29 is 18.0 Å². The Morgan fingerprint density at radius 3 is 2.59 bits per heavy atom. The van der Waals surface area contributed by atoms with Crippen LogP contribution in [0.5, 0.6) is 0 Å². The summed E-state index contributed by atoms with van der Waals surface area (Å²) in [5.41, 5.74) is 4.78. The van der Waals surface area contributed by atoms with Crippen molar-refractivity contribution in [2.75, 3.05) is 5.32 Å². The summed E-state index contributed by atoms with van der Waals surface area (Å²) in [6.07, 6.45) is -3.07. The number of pyridine rings is 1. The average Bonchev–Trinajstić information content (AvgIpc) is 2.46. The van der Waals surface area contributed by atoms with Gasteiger partial charge in [-0.05, 0) is 30.7 Å². The van der Waals surface area contributed by atoms with Gasteiger partial charge >= 0.3 is 6.18 Å². The van der Waals surface area contributed by atoms with Gasteiger partial charge in [-0.15, -0.1) is 0 Å². The van der Waals surface area contributed by atoms with Crippen LogP contribution in [0.25, 0.3) is 0 Å². The highest BCUT2D eigenvalue weighted by Crippen LogP contribution is 2.35. The van der Waals surface area contributed by atoms with Crippen LogP contribution in [-0.2, 0) is 6.18 Å². The van der Waals surface area contributed by atoms with Gasteiger partial charge in [0.1, 0.15) is 5.82 Å². The van der Waals surface area contributed by atoms with Crippen LogP contribution in [0, 0.1) is 0 Å². The number of alkyl halides is 3. The van der Waals surface area contributed by atoms with Crippen molar-refractivity contribution in [1.82, 2.24) is 4.98 Å². The molecule has 0 fully saturated rings. The molecule has 0 bridgehead atoms. The number of nitrogens with two attached hydrogens (primary N) is 1. The second kappa shape index (κ2) is 6.05. The molecule has 0 aliphatic heterocycles. The van der Waals surface area contributed by atoms with Crippen molar-refractivity contribution in [3.05, 3.63) is 59.3 Å². The van der Waals surface area contributed by atoms with Crippen LogP contribution in [0.3, 0.4) is 0 Å². The molecule has 2 rings (SSSR count). The SMILES string of the molecule is C[C@@H](Nc1cc(C(N)=O)ccn1)c1ccccc1C(F)(F)F. The van der Waals surface area contributed by atoms with Crippen LogP contribution in [0.1, 0.15) is 34.5 Å². The fourth-order valence-electron chi connectivity index (χ4n) is 2.10. The number of primary amides is 1. The minimum Gasteiger partial charge on any atom is -0.366 e. The minimum absolute atomic E-state index is 0.0984. The first-order valence-electron chi connectivity index (χ1n) is 6.47. The Kier molecular flexibility index (Phi) is 4.35. The highest BCUT2D eigenvalue weighted by atomic mass is 19.4. The van der Waals surface area contributed by atoms with Gasteiger partial charge in [0.2, 0.25) is 5.91 Å². The number of nitrogens with one attached hydrogen (secondary N) is 1. The van der Waals surface area contributed by atoms with Gasteiger partial charge < -0.3 is 11.1 Å². The van der Waals surface area contributed by atoms with Crippen molar-refractivity contribution in [2.24, 2.45) is 5.73 Å². The van der Waals surface area contributed by atoms with Crippen LogP contribution >= 0.6 is 0 Å². The Morgan fingerprint density at radius 1 is 1.27 bits per heavy atom. The maximum atomic E-state index is 13.0. The van der Waals surface area contributed by atoms with E-state index in [4.69, 9.17) is 5.73 Å². The summed E-state index contributed by atoms with van der Waals surface area (Å²) in [6, 6.07) is 7.49. The summed E-state index contributed by atoms with van der Waals surface area (Å²) in [6.45, 7) is 1.59. The molecule has 0 saturated heterocycles. The first kappa shape index (κ1) is 15.8. The summed E-state index contributed by atoms with van der Waals surface area (Å²) < 4.78 is 39.0. The fraction of sp³-hybridized carbons (Fsp3) is 0.200. The molecule has 4 nitrogen and oxygen atoms in total. The lowest BCUT2D eigenvalue weighted by molar-refractivity contribution is -0.138. The van der Waals surface area contributed by atoms with Crippen molar-refractivity contribution in [3.8, 4) is 0 Å². The summed E-state index contributed by atoms with van der Waals surface area (Å²) in [5, 5.41) is 2.85. The van der Waals surface area contributed by atoms with Crippen LogP contribution in [-0.4, -0.2) is 10.9 Å². The zero-order valence-electron chi connectivity index (χ0n) is 11.7. The molecule has 0 saturated carbocycles. The number of hydrogen-bond acceptors (Lipinski definition) is 3. The van der Waals surface area contributed by atoms with E-state index in [2.05, 4.69) is 10.3 Å². The average molecular weight is 309 g/mol. The van der Waals surface area contributed by atoms with E-state index in [1.54, 1.807) is 6.92 Å². The smallest absolute Gasteiger partial charge is 0.366 e. The van der Waals surface area contributed by atoms with E-state index in [0.717, 1.165) is 6.07 Å². The molecule has 0 radical (unpaired) electrons. The molecule has 7 heteroatoms. The maximum absolute atomic E-state index is 13.0. The number of carbonyl (C=O) groups is 1. The summed E-state index contributed by atoms with van der Waals surface area (Å²) in [4.78, 5) is 15.1. The third-order valence-corrected chi connectivity index (χ3v) is 3.14. The number of nitrogens with zero attached hydrogens (tertiary/aromatic N) is 1. The van der Waals surface area contributed by atoms with Crippen LogP contribution < -0.4 is 11.1 Å². The molecule has 1 aromatic carbocycles. The molecule has 0 unspecified atom stereocenters. The first-order valence-corrected chi connectivity index (χ1v) is 6.47. The van der Waals surface area contributed by atoms with E-state index in [-0.39, 0.29) is 16.9 Å². The number of rotatable bonds is 4. The summed E-state index contributed by atoms with van der Waals surface area (Å²) in [5.74, 6) is -0.352. The van der Waals surface area contributed by atoms with Crippen LogP contribution in [0.2, 0.25) is 0 Å². The molecular weight excluding hydrogens is 295 g/mol. The van der Waals surface area contributed by atoms with Gasteiger partial charge in [-0.25, -0.2) is 4.98 Å². The van der Waals surface area contributed by atoms with Crippen molar-refractivity contribution in [3.63, 3.8) is 0 Å². The number of anilines is 1. The predicted molar refractivity (Wildman–Crippen MR) is 76.2 cm³/mol. The maximum Gasteiger partial charge on any atom is 0.416 e. The van der Waals surface area contributed by atoms with Crippen LogP contribution in [0.4, 0.5) is 19.0 Å². The normalized spacial score (nSPS) is 12.7. The largest absolute Gasteiger partial charge is 0.416 e. The van der Waals surface area contributed by atoms with Gasteiger partial charge in [-0.1, -0.05) is 18.2 Å². The zero-order valence-corrected chi connectivity index (χ0v) is 11.7. The van der Waals surface area contributed by atoms with Crippen LogP contribution in [0.15, 0.2) is 42.6 Å². The Labute approximate surface area is 125 Å². The van der Waals surface area contributed by atoms with Gasteiger partial charge in [-0.3, -0.25) is 4.79 Å². The number of carbonyl (C=O) groups excluding carboxylic acids is 1. The molecule has 1 heterocycles. The third kappa shape index (κ3) is 3.55. The highest BCUT2D eigenvalue weighted by molar-refractivity contribution is 5.93. The second-order valence-corrected chi connectivity index (χ2v) is 4.75. The quantitative estimate of drug-likeness (QED) is 0.910. The molecule has 116 valence electrons. The van der Waals surface area contributed by atoms with Crippen molar-refractivity contribution in [2.45, 2.75) is 19.1 Å². The molecule has 3 N–H and O–H groups in total. The van der Waals surface area contributed by atoms with Gasteiger partial charge in [0.25, 0.3) is 0 Å². The molecule has 1 amide bonds. The van der Waals surface area contributed by atoms with E-state index >= 15 is 0 Å². The zero-order chi connectivity index (χ0) is 16.3. The first-order chi connectivity index (χ1) is 10.3. The third-order valence-electron chi connectivity index (χ3n) is 3.14. The summed E-state index contributed by atoms with van der Waals surface area (Å²) in [7, 11) is 0. The fourth-order valence-corrected chi connectivity index (χ4v) is 2.10. The molecule has 1 aromatic heterocycles. The number of amides is 1. The number of hydrogen-bond donors (Lipinski definition) is 2. The van der Waals surface area contributed by atoms with Gasteiger partial charge in [0.05, 0.1) is 11.6 Å². The lowest BCUT2D eigenvalue weighted by Gasteiger charge is -2.20. The number of benzene rings is 1. The van der Waals surface area contributed by atoms with E-state index < -0.39 is 23.7 Å². The Hall–Kier alpha value is -2.57. The lowest BCUT2D eigenvalue weighted by Crippen LogP contribution is -2.16. The molecule has 0 aliphatic rings. The number of aromatic nitrogens is 1. The molecular formula is C15H14F3N3O. The number of halogens is 3. The van der Waals surface area contributed by atoms with Crippen molar-refractivity contribution >= 4 is 11.7 Å². The van der Waals surface area contributed by atoms with Gasteiger partial charge in [0.15, 0.2) is 0 Å². The predicted octanol–water partition coefficient (Wildman–Crippen LogP) is 3.37. The molecule has 0 aliphatic carbocycles. The lowest BCUT2D eigenvalue weighted by atomic mass is 10.0.